The molecule has 1 aromatic carbocycles. The normalized spacial score (nSPS) is 18.2. The quantitative estimate of drug-likeness (QED) is 0.943. The molecule has 3 rings (SSSR count). The third-order valence-corrected chi connectivity index (χ3v) is 4.30. The number of pyridine rings is 1. The number of piperidine rings is 1. The number of carboxylic acid groups (broad SMARTS) is 1. The van der Waals surface area contributed by atoms with Crippen molar-refractivity contribution in [2.45, 2.75) is 19.8 Å². The van der Waals surface area contributed by atoms with Crippen molar-refractivity contribution < 1.29 is 9.90 Å². The fourth-order valence-electron chi connectivity index (χ4n) is 3.02. The van der Waals surface area contributed by atoms with Gasteiger partial charge < -0.3 is 10.0 Å². The number of benzene rings is 1. The van der Waals surface area contributed by atoms with E-state index in [9.17, 15) is 9.90 Å². The zero-order chi connectivity index (χ0) is 15.5. The van der Waals surface area contributed by atoms with Crippen molar-refractivity contribution in [3.8, 4) is 11.1 Å². The molecule has 22 heavy (non-hydrogen) atoms. The van der Waals surface area contributed by atoms with E-state index in [0.717, 1.165) is 30.8 Å². The van der Waals surface area contributed by atoms with Gasteiger partial charge in [-0.05, 0) is 43.0 Å². The second-order valence-corrected chi connectivity index (χ2v) is 5.84. The Balaban J connectivity index is 1.80. The Bertz CT molecular complexity index is 667. The smallest absolute Gasteiger partial charge is 0.308 e. The molecule has 0 aliphatic carbocycles. The molecule has 1 N–H and O–H groups in total. The summed E-state index contributed by atoms with van der Waals surface area (Å²) in [5.41, 5.74) is 3.50. The predicted molar refractivity (Wildman–Crippen MR) is 87.0 cm³/mol. The van der Waals surface area contributed by atoms with Crippen molar-refractivity contribution in [3.63, 3.8) is 0 Å². The van der Waals surface area contributed by atoms with E-state index >= 15 is 0 Å². The summed E-state index contributed by atoms with van der Waals surface area (Å²) in [5, 5.41) is 9.18. The molecule has 1 aromatic heterocycles. The first-order chi connectivity index (χ1) is 10.6. The van der Waals surface area contributed by atoms with E-state index in [-0.39, 0.29) is 5.92 Å². The molecule has 2 aromatic rings. The van der Waals surface area contributed by atoms with Crippen molar-refractivity contribution in [3.05, 3.63) is 48.2 Å². The molecule has 0 radical (unpaired) electrons. The lowest BCUT2D eigenvalue weighted by atomic mass is 9.98. The van der Waals surface area contributed by atoms with E-state index in [2.05, 4.69) is 35.0 Å². The van der Waals surface area contributed by atoms with E-state index in [4.69, 9.17) is 0 Å². The SMILES string of the molecule is Cc1ccccc1-c1ccc(N2CCCC(C(=O)O)C2)nc1. The summed E-state index contributed by atoms with van der Waals surface area (Å²) in [6.07, 6.45) is 3.54. The second kappa shape index (κ2) is 6.18. The highest BCUT2D eigenvalue weighted by molar-refractivity contribution is 5.71. The number of aromatic nitrogens is 1. The van der Waals surface area contributed by atoms with Crippen LogP contribution in [0.3, 0.4) is 0 Å². The van der Waals surface area contributed by atoms with Gasteiger partial charge in [-0.25, -0.2) is 4.98 Å². The molecule has 1 aliphatic heterocycles. The maximum Gasteiger partial charge on any atom is 0.308 e. The van der Waals surface area contributed by atoms with Crippen LogP contribution >= 0.6 is 0 Å². The van der Waals surface area contributed by atoms with Crippen LogP contribution < -0.4 is 4.90 Å². The van der Waals surface area contributed by atoms with Gasteiger partial charge in [0.2, 0.25) is 0 Å². The minimum atomic E-state index is -0.707. The zero-order valence-electron chi connectivity index (χ0n) is 12.7. The van der Waals surface area contributed by atoms with Gasteiger partial charge in [0.1, 0.15) is 5.82 Å². The Kier molecular flexibility index (Phi) is 4.09. The van der Waals surface area contributed by atoms with Crippen LogP contribution in [-0.2, 0) is 4.79 Å². The minimum absolute atomic E-state index is 0.286. The number of carbonyl (C=O) groups is 1. The molecule has 0 spiro atoms. The highest BCUT2D eigenvalue weighted by Gasteiger charge is 2.25. The van der Waals surface area contributed by atoms with E-state index < -0.39 is 5.97 Å². The molecule has 1 saturated heterocycles. The van der Waals surface area contributed by atoms with Crippen LogP contribution in [0.15, 0.2) is 42.6 Å². The summed E-state index contributed by atoms with van der Waals surface area (Å²) < 4.78 is 0. The van der Waals surface area contributed by atoms with Crippen LogP contribution in [0.25, 0.3) is 11.1 Å². The maximum atomic E-state index is 11.2. The monoisotopic (exact) mass is 296 g/mol. The average Bonchev–Trinajstić information content (AvgIpc) is 2.56. The van der Waals surface area contributed by atoms with Gasteiger partial charge in [0.25, 0.3) is 0 Å². The van der Waals surface area contributed by atoms with Crippen molar-refractivity contribution >= 4 is 11.8 Å². The van der Waals surface area contributed by atoms with Gasteiger partial charge in [0.05, 0.1) is 5.92 Å². The Morgan fingerprint density at radius 2 is 2.09 bits per heavy atom. The van der Waals surface area contributed by atoms with E-state index in [0.29, 0.717) is 6.54 Å². The van der Waals surface area contributed by atoms with Gasteiger partial charge in [0, 0.05) is 24.8 Å². The van der Waals surface area contributed by atoms with Crippen LogP contribution in [0.1, 0.15) is 18.4 Å². The van der Waals surface area contributed by atoms with Gasteiger partial charge >= 0.3 is 5.97 Å². The van der Waals surface area contributed by atoms with Gasteiger partial charge in [-0.2, -0.15) is 0 Å². The number of carboxylic acids is 1. The first-order valence-corrected chi connectivity index (χ1v) is 7.65. The molecule has 0 saturated carbocycles. The highest BCUT2D eigenvalue weighted by Crippen LogP contribution is 2.26. The third kappa shape index (κ3) is 2.96. The predicted octanol–water partition coefficient (Wildman–Crippen LogP) is 3.36. The zero-order valence-corrected chi connectivity index (χ0v) is 12.7. The molecule has 4 heteroatoms. The van der Waals surface area contributed by atoms with Crippen LogP contribution in [0.2, 0.25) is 0 Å². The highest BCUT2D eigenvalue weighted by atomic mass is 16.4. The molecule has 1 unspecified atom stereocenters. The Labute approximate surface area is 130 Å². The number of hydrogen-bond acceptors (Lipinski definition) is 3. The molecule has 1 atom stereocenters. The molecular formula is C18H20N2O2. The number of aryl methyl sites for hydroxylation is 1. The molecule has 4 nitrogen and oxygen atoms in total. The molecule has 1 aliphatic rings. The van der Waals surface area contributed by atoms with Crippen LogP contribution in [0.4, 0.5) is 5.82 Å². The summed E-state index contributed by atoms with van der Waals surface area (Å²) in [4.78, 5) is 17.8. The number of anilines is 1. The first kappa shape index (κ1) is 14.6. The Morgan fingerprint density at radius 1 is 1.27 bits per heavy atom. The van der Waals surface area contributed by atoms with Gasteiger partial charge in [0.15, 0.2) is 0 Å². The first-order valence-electron chi connectivity index (χ1n) is 7.65. The Hall–Kier alpha value is -2.36. The van der Waals surface area contributed by atoms with Crippen molar-refractivity contribution in [2.24, 2.45) is 5.92 Å². The lowest BCUT2D eigenvalue weighted by molar-refractivity contribution is -0.141. The fourth-order valence-corrected chi connectivity index (χ4v) is 3.02. The molecule has 0 bridgehead atoms. The second-order valence-electron chi connectivity index (χ2n) is 5.84. The third-order valence-electron chi connectivity index (χ3n) is 4.30. The number of rotatable bonds is 3. The van der Waals surface area contributed by atoms with Crippen LogP contribution in [0.5, 0.6) is 0 Å². The van der Waals surface area contributed by atoms with Crippen molar-refractivity contribution in [2.75, 3.05) is 18.0 Å². The molecular weight excluding hydrogens is 276 g/mol. The lowest BCUT2D eigenvalue weighted by Crippen LogP contribution is -2.39. The summed E-state index contributed by atoms with van der Waals surface area (Å²) in [6, 6.07) is 12.3. The molecule has 2 heterocycles. The Morgan fingerprint density at radius 3 is 2.77 bits per heavy atom. The standard InChI is InChI=1S/C18H20N2O2/c1-13-5-2-3-7-16(13)14-8-9-17(19-11-14)20-10-4-6-15(12-20)18(21)22/h2-3,5,7-9,11,15H,4,6,10,12H2,1H3,(H,21,22). The fraction of sp³-hybridized carbons (Fsp3) is 0.333. The summed E-state index contributed by atoms with van der Waals surface area (Å²) in [7, 11) is 0. The van der Waals surface area contributed by atoms with Crippen molar-refractivity contribution in [1.82, 2.24) is 4.98 Å². The molecule has 114 valence electrons. The van der Waals surface area contributed by atoms with Gasteiger partial charge in [-0.15, -0.1) is 0 Å². The van der Waals surface area contributed by atoms with E-state index in [1.54, 1.807) is 0 Å². The average molecular weight is 296 g/mol. The van der Waals surface area contributed by atoms with Crippen LogP contribution in [-0.4, -0.2) is 29.1 Å². The summed E-state index contributed by atoms with van der Waals surface area (Å²) in [6.45, 7) is 3.51. The maximum absolute atomic E-state index is 11.2. The van der Waals surface area contributed by atoms with E-state index in [1.165, 1.54) is 11.1 Å². The number of nitrogens with zero attached hydrogens (tertiary/aromatic N) is 2. The summed E-state index contributed by atoms with van der Waals surface area (Å²) in [5.74, 6) is -0.129. The van der Waals surface area contributed by atoms with Gasteiger partial charge in [-0.1, -0.05) is 24.3 Å². The minimum Gasteiger partial charge on any atom is -0.481 e. The van der Waals surface area contributed by atoms with E-state index in [1.807, 2.05) is 24.4 Å². The summed E-state index contributed by atoms with van der Waals surface area (Å²) >= 11 is 0. The van der Waals surface area contributed by atoms with Gasteiger partial charge in [-0.3, -0.25) is 4.79 Å². The van der Waals surface area contributed by atoms with Crippen LogP contribution in [0, 0.1) is 12.8 Å². The number of aliphatic carboxylic acids is 1. The lowest BCUT2D eigenvalue weighted by Gasteiger charge is -2.31. The molecule has 0 amide bonds. The topological polar surface area (TPSA) is 53.4 Å². The van der Waals surface area contributed by atoms with Crippen molar-refractivity contribution in [1.29, 1.82) is 0 Å². The number of hydrogen-bond donors (Lipinski definition) is 1. The largest absolute Gasteiger partial charge is 0.481 e. The molecule has 1 fully saturated rings.